The third-order valence-corrected chi connectivity index (χ3v) is 4.30. The number of fused-ring (bicyclic) bond motifs is 1. The maximum atomic E-state index is 12.1. The van der Waals surface area contributed by atoms with Crippen LogP contribution in [0.2, 0.25) is 0 Å². The molecule has 3 aromatic rings. The van der Waals surface area contributed by atoms with E-state index in [4.69, 9.17) is 10.5 Å². The van der Waals surface area contributed by atoms with Crippen LogP contribution in [0.15, 0.2) is 42.6 Å². The quantitative estimate of drug-likeness (QED) is 0.593. The molecule has 4 nitrogen and oxygen atoms in total. The van der Waals surface area contributed by atoms with Crippen molar-refractivity contribution in [3.8, 4) is 0 Å². The monoisotopic (exact) mass is 298 g/mol. The second-order valence-electron chi connectivity index (χ2n) is 4.75. The van der Waals surface area contributed by atoms with E-state index in [1.807, 2.05) is 43.3 Å². The van der Waals surface area contributed by atoms with E-state index >= 15 is 0 Å². The fraction of sp³-hybridized carbons (Fsp3) is 0.125. The molecule has 0 aliphatic carbocycles. The van der Waals surface area contributed by atoms with E-state index in [0.717, 1.165) is 21.3 Å². The summed E-state index contributed by atoms with van der Waals surface area (Å²) >= 11 is 1.40. The number of benzene rings is 1. The van der Waals surface area contributed by atoms with E-state index in [1.54, 1.807) is 6.20 Å². The number of thiophene rings is 1. The molecule has 0 atom stereocenters. The van der Waals surface area contributed by atoms with Crippen molar-refractivity contribution in [1.29, 1.82) is 0 Å². The molecule has 1 aromatic carbocycles. The molecule has 3 rings (SSSR count). The third kappa shape index (κ3) is 2.87. The lowest BCUT2D eigenvalue weighted by Crippen LogP contribution is -2.05. The van der Waals surface area contributed by atoms with Crippen molar-refractivity contribution in [3.63, 3.8) is 0 Å². The highest BCUT2D eigenvalue weighted by molar-refractivity contribution is 7.20. The van der Waals surface area contributed by atoms with Crippen LogP contribution in [0.4, 0.5) is 5.69 Å². The SMILES string of the molecule is Cc1cccnc1COC(=O)c1cc2cc(N)ccc2s1. The van der Waals surface area contributed by atoms with E-state index in [-0.39, 0.29) is 12.6 Å². The standard InChI is InChI=1S/C16H14N2O2S/c1-10-3-2-6-18-13(10)9-20-16(19)15-8-11-7-12(17)4-5-14(11)21-15/h2-8H,9,17H2,1H3. The summed E-state index contributed by atoms with van der Waals surface area (Å²) in [5, 5.41) is 0.959. The van der Waals surface area contributed by atoms with Gasteiger partial charge >= 0.3 is 5.97 Å². The molecule has 2 N–H and O–H groups in total. The normalized spacial score (nSPS) is 10.7. The van der Waals surface area contributed by atoms with Gasteiger partial charge in [-0.3, -0.25) is 4.98 Å². The maximum absolute atomic E-state index is 12.1. The van der Waals surface area contributed by atoms with Gasteiger partial charge in [0.15, 0.2) is 0 Å². The Kier molecular flexibility index (Phi) is 3.58. The second-order valence-corrected chi connectivity index (χ2v) is 5.83. The van der Waals surface area contributed by atoms with Crippen LogP contribution >= 0.6 is 11.3 Å². The molecule has 0 saturated carbocycles. The molecule has 5 heteroatoms. The lowest BCUT2D eigenvalue weighted by Gasteiger charge is -2.04. The smallest absolute Gasteiger partial charge is 0.348 e. The fourth-order valence-electron chi connectivity index (χ4n) is 2.04. The first-order valence-corrected chi connectivity index (χ1v) is 7.32. The molecule has 0 aliphatic heterocycles. The molecular weight excluding hydrogens is 284 g/mol. The molecule has 0 radical (unpaired) electrons. The van der Waals surface area contributed by atoms with Crippen LogP contribution in [0.3, 0.4) is 0 Å². The van der Waals surface area contributed by atoms with Crippen molar-refractivity contribution in [3.05, 3.63) is 58.7 Å². The fourth-order valence-corrected chi connectivity index (χ4v) is 2.97. The summed E-state index contributed by atoms with van der Waals surface area (Å²) in [7, 11) is 0. The molecule has 21 heavy (non-hydrogen) atoms. The Morgan fingerprint density at radius 1 is 1.33 bits per heavy atom. The molecule has 2 heterocycles. The minimum absolute atomic E-state index is 0.182. The lowest BCUT2D eigenvalue weighted by atomic mass is 10.2. The highest BCUT2D eigenvalue weighted by atomic mass is 32.1. The van der Waals surface area contributed by atoms with E-state index in [2.05, 4.69) is 4.98 Å². The number of rotatable bonds is 3. The molecule has 106 valence electrons. The zero-order chi connectivity index (χ0) is 14.8. The number of carbonyl (C=O) groups is 1. The van der Waals surface area contributed by atoms with Crippen LogP contribution in [-0.4, -0.2) is 11.0 Å². The Labute approximate surface area is 126 Å². The van der Waals surface area contributed by atoms with Crippen LogP contribution in [0.5, 0.6) is 0 Å². The van der Waals surface area contributed by atoms with Crippen LogP contribution in [-0.2, 0) is 11.3 Å². The van der Waals surface area contributed by atoms with Gasteiger partial charge in [0.25, 0.3) is 0 Å². The summed E-state index contributed by atoms with van der Waals surface area (Å²) in [6.07, 6.45) is 1.69. The summed E-state index contributed by atoms with van der Waals surface area (Å²) in [4.78, 5) is 16.9. The first kappa shape index (κ1) is 13.6. The van der Waals surface area contributed by atoms with Crippen molar-refractivity contribution >= 4 is 33.1 Å². The lowest BCUT2D eigenvalue weighted by molar-refractivity contribution is 0.0473. The van der Waals surface area contributed by atoms with Gasteiger partial charge in [0.1, 0.15) is 11.5 Å². The number of hydrogen-bond acceptors (Lipinski definition) is 5. The summed E-state index contributed by atoms with van der Waals surface area (Å²) in [6, 6.07) is 11.2. The number of ether oxygens (including phenoxy) is 1. The van der Waals surface area contributed by atoms with Crippen molar-refractivity contribution in [2.45, 2.75) is 13.5 Å². The molecule has 0 saturated heterocycles. The maximum Gasteiger partial charge on any atom is 0.348 e. The van der Waals surface area contributed by atoms with Crippen LogP contribution < -0.4 is 5.73 Å². The van der Waals surface area contributed by atoms with Gasteiger partial charge in [0.05, 0.1) is 5.69 Å². The van der Waals surface area contributed by atoms with E-state index in [1.165, 1.54) is 11.3 Å². The molecule has 0 amide bonds. The van der Waals surface area contributed by atoms with E-state index in [9.17, 15) is 4.79 Å². The van der Waals surface area contributed by atoms with Gasteiger partial charge in [-0.15, -0.1) is 11.3 Å². The largest absolute Gasteiger partial charge is 0.455 e. The van der Waals surface area contributed by atoms with Gasteiger partial charge in [-0.05, 0) is 48.2 Å². The van der Waals surface area contributed by atoms with E-state index in [0.29, 0.717) is 10.6 Å². The number of aryl methyl sites for hydroxylation is 1. The number of pyridine rings is 1. The molecule has 2 aromatic heterocycles. The van der Waals surface area contributed by atoms with Gasteiger partial charge in [0, 0.05) is 16.6 Å². The molecule has 0 spiro atoms. The number of nitrogens with two attached hydrogens (primary N) is 1. The minimum Gasteiger partial charge on any atom is -0.455 e. The van der Waals surface area contributed by atoms with Crippen molar-refractivity contribution in [2.75, 3.05) is 5.73 Å². The Bertz CT molecular complexity index is 811. The Morgan fingerprint density at radius 2 is 2.19 bits per heavy atom. The van der Waals surface area contributed by atoms with E-state index < -0.39 is 0 Å². The van der Waals surface area contributed by atoms with Gasteiger partial charge in [-0.1, -0.05) is 6.07 Å². The third-order valence-electron chi connectivity index (χ3n) is 3.20. The van der Waals surface area contributed by atoms with Gasteiger partial charge in [-0.25, -0.2) is 4.79 Å². The summed E-state index contributed by atoms with van der Waals surface area (Å²) < 4.78 is 6.35. The molecule has 0 bridgehead atoms. The molecular formula is C16H14N2O2S. The number of nitrogens with zero attached hydrogens (tertiary/aromatic N) is 1. The van der Waals surface area contributed by atoms with Gasteiger partial charge < -0.3 is 10.5 Å². The number of anilines is 1. The zero-order valence-electron chi connectivity index (χ0n) is 11.5. The average Bonchev–Trinajstić information content (AvgIpc) is 2.89. The zero-order valence-corrected chi connectivity index (χ0v) is 12.3. The highest BCUT2D eigenvalue weighted by Gasteiger charge is 2.12. The first-order chi connectivity index (χ1) is 10.1. The van der Waals surface area contributed by atoms with Crippen LogP contribution in [0.1, 0.15) is 20.9 Å². The number of aromatic nitrogens is 1. The number of nitrogen functional groups attached to an aromatic ring is 1. The Balaban J connectivity index is 1.76. The van der Waals surface area contributed by atoms with Crippen molar-refractivity contribution in [1.82, 2.24) is 4.98 Å². The number of esters is 1. The number of carbonyl (C=O) groups excluding carboxylic acids is 1. The van der Waals surface area contributed by atoms with Crippen LogP contribution in [0.25, 0.3) is 10.1 Å². The number of hydrogen-bond donors (Lipinski definition) is 1. The average molecular weight is 298 g/mol. The van der Waals surface area contributed by atoms with Crippen molar-refractivity contribution in [2.24, 2.45) is 0 Å². The Morgan fingerprint density at radius 3 is 3.00 bits per heavy atom. The molecule has 0 aliphatic rings. The van der Waals surface area contributed by atoms with Gasteiger partial charge in [-0.2, -0.15) is 0 Å². The second kappa shape index (κ2) is 5.54. The summed E-state index contributed by atoms with van der Waals surface area (Å²) in [5.41, 5.74) is 8.21. The Hall–Kier alpha value is -2.40. The molecule has 0 fully saturated rings. The summed E-state index contributed by atoms with van der Waals surface area (Å²) in [6.45, 7) is 2.13. The minimum atomic E-state index is -0.333. The van der Waals surface area contributed by atoms with Crippen LogP contribution in [0, 0.1) is 6.92 Å². The van der Waals surface area contributed by atoms with Gasteiger partial charge in [0.2, 0.25) is 0 Å². The predicted octanol–water partition coefficient (Wildman–Crippen LogP) is 3.54. The topological polar surface area (TPSA) is 65.2 Å². The summed E-state index contributed by atoms with van der Waals surface area (Å²) in [5.74, 6) is -0.333. The molecule has 0 unspecified atom stereocenters. The first-order valence-electron chi connectivity index (χ1n) is 6.50. The van der Waals surface area contributed by atoms with Crippen molar-refractivity contribution < 1.29 is 9.53 Å². The highest BCUT2D eigenvalue weighted by Crippen LogP contribution is 2.28. The predicted molar refractivity (Wildman–Crippen MR) is 84.3 cm³/mol.